The predicted octanol–water partition coefficient (Wildman–Crippen LogP) is 2.18. The Labute approximate surface area is 67.7 Å². The molecule has 2 atom stereocenters. The highest BCUT2D eigenvalue weighted by Crippen LogP contribution is 2.23. The molecule has 11 heavy (non-hydrogen) atoms. The molecule has 1 rings (SSSR count). The molecule has 0 aromatic rings. The number of nitroso groups, excluding NO2 is 1. The van der Waals surface area contributed by atoms with Gasteiger partial charge in [0.15, 0.2) is 0 Å². The minimum atomic E-state index is 0.357. The average Bonchev–Trinajstić information content (AvgIpc) is 2.05. The van der Waals surface area contributed by atoms with E-state index in [1.165, 1.54) is 12.8 Å². The minimum absolute atomic E-state index is 0.357. The zero-order valence-corrected chi connectivity index (χ0v) is 7.29. The van der Waals surface area contributed by atoms with E-state index >= 15 is 0 Å². The summed E-state index contributed by atoms with van der Waals surface area (Å²) >= 11 is 0. The fraction of sp³-hybridized carbons (Fsp3) is 1.00. The summed E-state index contributed by atoms with van der Waals surface area (Å²) in [6.45, 7) is 5.10. The lowest BCUT2D eigenvalue weighted by atomic mass is 9.93. The van der Waals surface area contributed by atoms with Crippen molar-refractivity contribution in [3.05, 3.63) is 4.91 Å². The molecule has 3 heteroatoms. The molecule has 0 aliphatic carbocycles. The Morgan fingerprint density at radius 2 is 2.27 bits per heavy atom. The van der Waals surface area contributed by atoms with E-state index in [-0.39, 0.29) is 0 Å². The second-order valence-electron chi connectivity index (χ2n) is 3.40. The zero-order valence-electron chi connectivity index (χ0n) is 7.29. The Kier molecular flexibility index (Phi) is 2.85. The van der Waals surface area contributed by atoms with Crippen LogP contribution in [0.4, 0.5) is 0 Å². The van der Waals surface area contributed by atoms with Gasteiger partial charge in [0.25, 0.3) is 0 Å². The molecule has 0 radical (unpaired) electrons. The van der Waals surface area contributed by atoms with E-state index < -0.39 is 0 Å². The predicted molar refractivity (Wildman–Crippen MR) is 45.0 cm³/mol. The van der Waals surface area contributed by atoms with Gasteiger partial charge in [-0.1, -0.05) is 13.3 Å². The van der Waals surface area contributed by atoms with Gasteiger partial charge in [-0.2, -0.15) is 0 Å². The van der Waals surface area contributed by atoms with Crippen LogP contribution in [0.2, 0.25) is 0 Å². The van der Waals surface area contributed by atoms with Crippen LogP contribution in [0.15, 0.2) is 5.29 Å². The second-order valence-corrected chi connectivity index (χ2v) is 3.40. The normalized spacial score (nSPS) is 32.0. The molecular weight excluding hydrogens is 140 g/mol. The fourth-order valence-corrected chi connectivity index (χ4v) is 1.61. The van der Waals surface area contributed by atoms with Crippen molar-refractivity contribution in [2.24, 2.45) is 11.2 Å². The molecule has 0 N–H and O–H groups in total. The van der Waals surface area contributed by atoms with Crippen LogP contribution in [-0.4, -0.2) is 17.6 Å². The molecule has 64 valence electrons. The largest absolute Gasteiger partial charge is 0.258 e. The van der Waals surface area contributed by atoms with Crippen molar-refractivity contribution in [1.29, 1.82) is 0 Å². The maximum atomic E-state index is 10.3. The number of hydrogen-bond donors (Lipinski definition) is 0. The van der Waals surface area contributed by atoms with Gasteiger partial charge in [0.1, 0.15) is 0 Å². The summed E-state index contributed by atoms with van der Waals surface area (Å²) in [7, 11) is 0. The zero-order chi connectivity index (χ0) is 8.27. The first-order valence-corrected chi connectivity index (χ1v) is 4.37. The maximum absolute atomic E-state index is 10.3. The number of rotatable bonds is 2. The summed E-state index contributed by atoms with van der Waals surface area (Å²) in [5.74, 6) is 0.684. The van der Waals surface area contributed by atoms with Crippen molar-refractivity contribution in [1.82, 2.24) is 5.01 Å². The Balaban J connectivity index is 2.43. The Bertz CT molecular complexity index is 138. The summed E-state index contributed by atoms with van der Waals surface area (Å²) < 4.78 is 0. The third-order valence-electron chi connectivity index (χ3n) is 2.63. The SMILES string of the molecule is CC[C@H]1CC[C@@H](C)N(N=O)C1. The smallest absolute Gasteiger partial charge is 0.0526 e. The first kappa shape index (κ1) is 8.50. The van der Waals surface area contributed by atoms with Crippen LogP contribution in [0, 0.1) is 10.8 Å². The molecule has 1 saturated heterocycles. The standard InChI is InChI=1S/C8H16N2O/c1-3-8-5-4-7(2)10(6-8)9-11/h7-8H,3-6H2,1-2H3/t7-,8+/m1/s1. The van der Waals surface area contributed by atoms with Crippen LogP contribution >= 0.6 is 0 Å². The van der Waals surface area contributed by atoms with Crippen molar-refractivity contribution in [3.63, 3.8) is 0 Å². The molecule has 1 aliphatic heterocycles. The molecule has 0 aromatic carbocycles. The van der Waals surface area contributed by atoms with Crippen LogP contribution in [0.5, 0.6) is 0 Å². The van der Waals surface area contributed by atoms with E-state index in [9.17, 15) is 4.91 Å². The second kappa shape index (κ2) is 3.69. The monoisotopic (exact) mass is 156 g/mol. The van der Waals surface area contributed by atoms with Gasteiger partial charge in [-0.15, -0.1) is 4.91 Å². The highest BCUT2D eigenvalue weighted by atomic mass is 16.3. The average molecular weight is 156 g/mol. The van der Waals surface area contributed by atoms with Crippen LogP contribution in [0.3, 0.4) is 0 Å². The van der Waals surface area contributed by atoms with Gasteiger partial charge in [-0.25, -0.2) is 0 Å². The Morgan fingerprint density at radius 3 is 2.82 bits per heavy atom. The lowest BCUT2D eigenvalue weighted by Gasteiger charge is -2.32. The summed E-state index contributed by atoms with van der Waals surface area (Å²) in [4.78, 5) is 10.3. The van der Waals surface area contributed by atoms with Crippen molar-refractivity contribution in [3.8, 4) is 0 Å². The molecule has 0 bridgehead atoms. The quantitative estimate of drug-likeness (QED) is 0.574. The third-order valence-corrected chi connectivity index (χ3v) is 2.63. The first-order chi connectivity index (χ1) is 5.27. The highest BCUT2D eigenvalue weighted by molar-refractivity contribution is 4.75. The Hall–Kier alpha value is -0.600. The van der Waals surface area contributed by atoms with E-state index in [1.807, 2.05) is 0 Å². The summed E-state index contributed by atoms with van der Waals surface area (Å²) in [6.07, 6.45) is 3.53. The molecular formula is C8H16N2O. The molecule has 1 heterocycles. The molecule has 0 saturated carbocycles. The van der Waals surface area contributed by atoms with E-state index in [0.717, 1.165) is 13.0 Å². The van der Waals surface area contributed by atoms with Crippen molar-refractivity contribution < 1.29 is 0 Å². The van der Waals surface area contributed by atoms with Gasteiger partial charge in [0.05, 0.1) is 5.29 Å². The van der Waals surface area contributed by atoms with Gasteiger partial charge in [-0.05, 0) is 25.7 Å². The molecule has 0 amide bonds. The third kappa shape index (κ3) is 1.91. The fourth-order valence-electron chi connectivity index (χ4n) is 1.61. The lowest BCUT2D eigenvalue weighted by Crippen LogP contribution is -2.37. The molecule has 1 fully saturated rings. The van der Waals surface area contributed by atoms with Gasteiger partial charge in [0, 0.05) is 12.6 Å². The minimum Gasteiger partial charge on any atom is -0.258 e. The van der Waals surface area contributed by atoms with Gasteiger partial charge < -0.3 is 0 Å². The molecule has 0 unspecified atom stereocenters. The number of piperidine rings is 1. The lowest BCUT2D eigenvalue weighted by molar-refractivity contribution is 0.118. The van der Waals surface area contributed by atoms with Crippen LogP contribution < -0.4 is 0 Å². The summed E-state index contributed by atoms with van der Waals surface area (Å²) in [5.41, 5.74) is 0. The Morgan fingerprint density at radius 1 is 1.55 bits per heavy atom. The number of hydrogen-bond acceptors (Lipinski definition) is 2. The van der Waals surface area contributed by atoms with Crippen LogP contribution in [0.25, 0.3) is 0 Å². The van der Waals surface area contributed by atoms with Crippen molar-refractivity contribution >= 4 is 0 Å². The van der Waals surface area contributed by atoms with E-state index in [2.05, 4.69) is 19.1 Å². The van der Waals surface area contributed by atoms with E-state index in [4.69, 9.17) is 0 Å². The molecule has 1 aliphatic rings. The summed E-state index contributed by atoms with van der Waals surface area (Å²) in [6, 6.07) is 0.357. The number of nitrogens with zero attached hydrogens (tertiary/aromatic N) is 2. The van der Waals surface area contributed by atoms with E-state index in [1.54, 1.807) is 5.01 Å². The maximum Gasteiger partial charge on any atom is 0.0526 e. The topological polar surface area (TPSA) is 32.7 Å². The van der Waals surface area contributed by atoms with Gasteiger partial charge in [-0.3, -0.25) is 5.01 Å². The van der Waals surface area contributed by atoms with Crippen LogP contribution in [0.1, 0.15) is 33.1 Å². The summed E-state index contributed by atoms with van der Waals surface area (Å²) in [5, 5.41) is 4.69. The first-order valence-electron chi connectivity index (χ1n) is 4.37. The van der Waals surface area contributed by atoms with Gasteiger partial charge in [0.2, 0.25) is 0 Å². The molecule has 3 nitrogen and oxygen atoms in total. The van der Waals surface area contributed by atoms with Gasteiger partial charge >= 0.3 is 0 Å². The van der Waals surface area contributed by atoms with E-state index in [0.29, 0.717) is 12.0 Å². The van der Waals surface area contributed by atoms with Crippen molar-refractivity contribution in [2.75, 3.05) is 6.54 Å². The van der Waals surface area contributed by atoms with Crippen LogP contribution in [-0.2, 0) is 0 Å². The van der Waals surface area contributed by atoms with Crippen molar-refractivity contribution in [2.45, 2.75) is 39.2 Å². The molecule has 0 spiro atoms. The molecule has 0 aromatic heterocycles. The highest BCUT2D eigenvalue weighted by Gasteiger charge is 2.23.